The summed E-state index contributed by atoms with van der Waals surface area (Å²) in [6, 6.07) is -0.354. The number of amides is 3. The van der Waals surface area contributed by atoms with E-state index in [1.54, 1.807) is 6.20 Å². The van der Waals surface area contributed by atoms with Crippen molar-refractivity contribution in [1.82, 2.24) is 20.9 Å². The monoisotopic (exact) mass is 270 g/mol. The first-order valence-corrected chi connectivity index (χ1v) is 6.63. The third-order valence-corrected chi connectivity index (χ3v) is 2.99. The number of urea groups is 1. The highest BCUT2D eigenvalue weighted by Gasteiger charge is 2.05. The van der Waals surface area contributed by atoms with Gasteiger partial charge in [0.1, 0.15) is 0 Å². The van der Waals surface area contributed by atoms with E-state index in [0.29, 0.717) is 13.1 Å². The van der Waals surface area contributed by atoms with Crippen molar-refractivity contribution in [2.45, 2.75) is 26.8 Å². The fraction of sp³-hybridized carbons (Fsp3) is 0.545. The predicted molar refractivity (Wildman–Crippen MR) is 70.4 cm³/mol. The molecule has 1 rings (SSSR count). The fourth-order valence-corrected chi connectivity index (χ4v) is 1.94. The molecule has 0 aliphatic heterocycles. The van der Waals surface area contributed by atoms with Gasteiger partial charge in [-0.3, -0.25) is 4.79 Å². The van der Waals surface area contributed by atoms with Crippen LogP contribution in [-0.4, -0.2) is 30.0 Å². The summed E-state index contributed by atoms with van der Waals surface area (Å²) in [5, 5.41) is 8.79. The number of rotatable bonds is 6. The second-order valence-electron chi connectivity index (χ2n) is 3.73. The van der Waals surface area contributed by atoms with Crippen LogP contribution >= 0.6 is 11.3 Å². The summed E-state index contributed by atoms with van der Waals surface area (Å²) in [5.41, 5.74) is 0. The maximum atomic E-state index is 11.4. The van der Waals surface area contributed by atoms with Gasteiger partial charge in [0.2, 0.25) is 5.91 Å². The second kappa shape index (κ2) is 7.65. The fourth-order valence-electron chi connectivity index (χ4n) is 1.20. The Morgan fingerprint density at radius 1 is 1.33 bits per heavy atom. The highest BCUT2D eigenvalue weighted by Crippen LogP contribution is 2.10. The third kappa shape index (κ3) is 5.62. The first kappa shape index (κ1) is 14.4. The Bertz CT molecular complexity index is 406. The molecule has 0 radical (unpaired) electrons. The van der Waals surface area contributed by atoms with E-state index in [4.69, 9.17) is 0 Å². The summed E-state index contributed by atoms with van der Waals surface area (Å²) in [7, 11) is 0. The molecule has 18 heavy (non-hydrogen) atoms. The van der Waals surface area contributed by atoms with Gasteiger partial charge >= 0.3 is 6.03 Å². The maximum Gasteiger partial charge on any atom is 0.315 e. The average molecular weight is 270 g/mol. The number of carbonyl (C=O) groups is 2. The average Bonchev–Trinajstić information content (AvgIpc) is 2.77. The minimum absolute atomic E-state index is 0.00640. The number of nitrogens with one attached hydrogen (secondary N) is 3. The van der Waals surface area contributed by atoms with Gasteiger partial charge < -0.3 is 16.0 Å². The third-order valence-electron chi connectivity index (χ3n) is 2.07. The lowest BCUT2D eigenvalue weighted by molar-refractivity contribution is -0.120. The molecule has 0 saturated heterocycles. The van der Waals surface area contributed by atoms with Crippen LogP contribution in [0.2, 0.25) is 0 Å². The van der Waals surface area contributed by atoms with Crippen LogP contribution in [0.1, 0.15) is 23.2 Å². The zero-order valence-corrected chi connectivity index (χ0v) is 11.4. The SMILES string of the molecule is CCCNC(=O)CNC(=O)NCc1cnc(C)s1. The minimum Gasteiger partial charge on any atom is -0.355 e. The van der Waals surface area contributed by atoms with Crippen molar-refractivity contribution < 1.29 is 9.59 Å². The summed E-state index contributed by atoms with van der Waals surface area (Å²) in [6.07, 6.45) is 2.61. The number of carbonyl (C=O) groups excluding carboxylic acids is 2. The van der Waals surface area contributed by atoms with Gasteiger partial charge in [-0.2, -0.15) is 0 Å². The smallest absolute Gasteiger partial charge is 0.315 e. The molecule has 0 aliphatic carbocycles. The molecule has 1 heterocycles. The maximum absolute atomic E-state index is 11.4. The number of hydrogen-bond donors (Lipinski definition) is 3. The largest absolute Gasteiger partial charge is 0.355 e. The molecule has 7 heteroatoms. The van der Waals surface area contributed by atoms with Crippen molar-refractivity contribution in [3.63, 3.8) is 0 Å². The van der Waals surface area contributed by atoms with E-state index in [2.05, 4.69) is 20.9 Å². The summed E-state index contributed by atoms with van der Waals surface area (Å²) < 4.78 is 0. The molecule has 0 unspecified atom stereocenters. The Balaban J connectivity index is 2.16. The standard InChI is InChI=1S/C11H18N4O2S/c1-3-4-12-10(16)7-15-11(17)14-6-9-5-13-8(2)18-9/h5H,3-4,6-7H2,1-2H3,(H,12,16)(H2,14,15,17). The number of nitrogens with zero attached hydrogens (tertiary/aromatic N) is 1. The molecular formula is C11H18N4O2S. The molecule has 6 nitrogen and oxygen atoms in total. The first-order valence-electron chi connectivity index (χ1n) is 5.81. The van der Waals surface area contributed by atoms with Crippen LogP contribution in [0.25, 0.3) is 0 Å². The Kier molecular flexibility index (Phi) is 6.13. The van der Waals surface area contributed by atoms with Crippen LogP contribution in [0, 0.1) is 6.92 Å². The highest BCUT2D eigenvalue weighted by molar-refractivity contribution is 7.11. The summed E-state index contributed by atoms with van der Waals surface area (Å²) in [6.45, 7) is 4.92. The quantitative estimate of drug-likeness (QED) is 0.714. The normalized spacial score (nSPS) is 9.89. The Morgan fingerprint density at radius 3 is 2.72 bits per heavy atom. The molecule has 0 aliphatic rings. The number of aromatic nitrogens is 1. The van der Waals surface area contributed by atoms with E-state index in [1.807, 2.05) is 13.8 Å². The van der Waals surface area contributed by atoms with Gasteiger partial charge in [-0.05, 0) is 13.3 Å². The molecule has 1 aromatic rings. The van der Waals surface area contributed by atoms with Gasteiger partial charge in [-0.25, -0.2) is 9.78 Å². The lowest BCUT2D eigenvalue weighted by atomic mass is 10.4. The Hall–Kier alpha value is -1.63. The zero-order valence-electron chi connectivity index (χ0n) is 10.6. The molecule has 1 aromatic heterocycles. The van der Waals surface area contributed by atoms with E-state index in [9.17, 15) is 9.59 Å². The first-order chi connectivity index (χ1) is 8.61. The lowest BCUT2D eigenvalue weighted by Crippen LogP contribution is -2.41. The van der Waals surface area contributed by atoms with Crippen molar-refractivity contribution in [2.24, 2.45) is 0 Å². The number of thiazole rings is 1. The van der Waals surface area contributed by atoms with Crippen LogP contribution in [0.4, 0.5) is 4.79 Å². The second-order valence-corrected chi connectivity index (χ2v) is 5.05. The van der Waals surface area contributed by atoms with Crippen molar-refractivity contribution in [1.29, 1.82) is 0 Å². The van der Waals surface area contributed by atoms with Crippen LogP contribution in [0.5, 0.6) is 0 Å². The van der Waals surface area contributed by atoms with E-state index >= 15 is 0 Å². The molecule has 3 N–H and O–H groups in total. The van der Waals surface area contributed by atoms with Crippen LogP contribution in [0.3, 0.4) is 0 Å². The van der Waals surface area contributed by atoms with E-state index < -0.39 is 0 Å². The van der Waals surface area contributed by atoms with E-state index in [-0.39, 0.29) is 18.5 Å². The molecule has 0 saturated carbocycles. The minimum atomic E-state index is -0.354. The van der Waals surface area contributed by atoms with Crippen LogP contribution in [-0.2, 0) is 11.3 Å². The lowest BCUT2D eigenvalue weighted by Gasteiger charge is -2.06. The van der Waals surface area contributed by atoms with Crippen LogP contribution < -0.4 is 16.0 Å². The highest BCUT2D eigenvalue weighted by atomic mass is 32.1. The zero-order chi connectivity index (χ0) is 13.4. The number of hydrogen-bond acceptors (Lipinski definition) is 4. The molecular weight excluding hydrogens is 252 g/mol. The van der Waals surface area contributed by atoms with Gasteiger partial charge in [0.25, 0.3) is 0 Å². The van der Waals surface area contributed by atoms with Gasteiger partial charge in [-0.1, -0.05) is 6.92 Å². The summed E-state index contributed by atoms with van der Waals surface area (Å²) >= 11 is 1.53. The Labute approximate surface area is 110 Å². The van der Waals surface area contributed by atoms with Gasteiger partial charge in [0.05, 0.1) is 18.1 Å². The molecule has 0 aromatic carbocycles. The molecule has 0 atom stereocenters. The van der Waals surface area contributed by atoms with Crippen molar-refractivity contribution in [3.8, 4) is 0 Å². The topological polar surface area (TPSA) is 83.1 Å². The summed E-state index contributed by atoms with van der Waals surface area (Å²) in [5.74, 6) is -0.180. The van der Waals surface area contributed by atoms with Crippen molar-refractivity contribution in [2.75, 3.05) is 13.1 Å². The molecule has 3 amide bonds. The van der Waals surface area contributed by atoms with Gasteiger partial charge in [0.15, 0.2) is 0 Å². The predicted octanol–water partition coefficient (Wildman–Crippen LogP) is 0.777. The van der Waals surface area contributed by atoms with Crippen molar-refractivity contribution in [3.05, 3.63) is 16.1 Å². The molecule has 0 spiro atoms. The van der Waals surface area contributed by atoms with Gasteiger partial charge in [-0.15, -0.1) is 11.3 Å². The number of aryl methyl sites for hydroxylation is 1. The molecule has 0 fully saturated rings. The van der Waals surface area contributed by atoms with Gasteiger partial charge in [0, 0.05) is 17.6 Å². The summed E-state index contributed by atoms with van der Waals surface area (Å²) in [4.78, 5) is 27.7. The molecule has 0 bridgehead atoms. The van der Waals surface area contributed by atoms with E-state index in [0.717, 1.165) is 16.3 Å². The van der Waals surface area contributed by atoms with E-state index in [1.165, 1.54) is 11.3 Å². The Morgan fingerprint density at radius 2 is 2.11 bits per heavy atom. The van der Waals surface area contributed by atoms with Crippen molar-refractivity contribution >= 4 is 23.3 Å². The van der Waals surface area contributed by atoms with Crippen LogP contribution in [0.15, 0.2) is 6.20 Å². The molecule has 100 valence electrons.